The third kappa shape index (κ3) is 7.42. The van der Waals surface area contributed by atoms with E-state index in [0.717, 1.165) is 5.56 Å². The van der Waals surface area contributed by atoms with Crippen molar-refractivity contribution in [2.24, 2.45) is 11.8 Å². The summed E-state index contributed by atoms with van der Waals surface area (Å²) in [5, 5.41) is 21.3. The van der Waals surface area contributed by atoms with Gasteiger partial charge in [-0.3, -0.25) is 9.59 Å². The fourth-order valence-corrected chi connectivity index (χ4v) is 3.68. The van der Waals surface area contributed by atoms with Gasteiger partial charge in [0.05, 0.1) is 17.9 Å². The highest BCUT2D eigenvalue weighted by molar-refractivity contribution is 5.84. The number of phenols is 1. The maximum Gasteiger partial charge on any atom is 0.318 e. The molecule has 0 fully saturated rings. The number of aromatic hydroxyl groups is 1. The maximum atomic E-state index is 13.1. The second-order valence-corrected chi connectivity index (χ2v) is 8.83. The minimum absolute atomic E-state index is 0.0527. The molecule has 0 spiro atoms. The van der Waals surface area contributed by atoms with Crippen LogP contribution in [0.2, 0.25) is 0 Å². The lowest BCUT2D eigenvalue weighted by molar-refractivity contribution is -0.136. The van der Waals surface area contributed by atoms with Crippen LogP contribution in [0, 0.1) is 23.2 Å². The molecule has 0 saturated heterocycles. The number of nitrogens with one attached hydrogen (secondary N) is 1. The summed E-state index contributed by atoms with van der Waals surface area (Å²) in [6.45, 7) is 8.06. The number of amides is 1. The minimum Gasteiger partial charge on any atom is -0.508 e. The summed E-state index contributed by atoms with van der Waals surface area (Å²) < 4.78 is 5.72. The standard InChI is InChI=1S/C26H32N2O4/c1-17(2)13-23(25(30)28-12-11-27)20-8-6-10-22(16-20)32-26(31)24(14-18(3)4)19-7-5-9-21(29)15-19/h5-10,15-18,23-24,29H,12-14H2,1-4H3,(H,28,30). The van der Waals surface area contributed by atoms with Gasteiger partial charge in [-0.25, -0.2) is 0 Å². The fraction of sp³-hybridized carbons (Fsp3) is 0.423. The number of ether oxygens (including phenoxy) is 1. The second kappa shape index (κ2) is 11.9. The van der Waals surface area contributed by atoms with Crippen molar-refractivity contribution in [3.63, 3.8) is 0 Å². The summed E-state index contributed by atoms with van der Waals surface area (Å²) in [4.78, 5) is 25.7. The van der Waals surface area contributed by atoms with Crippen molar-refractivity contribution in [3.05, 3.63) is 59.7 Å². The molecule has 2 aromatic carbocycles. The minimum atomic E-state index is -0.517. The van der Waals surface area contributed by atoms with E-state index in [9.17, 15) is 14.7 Å². The average Bonchev–Trinajstić information content (AvgIpc) is 2.74. The molecular formula is C26H32N2O4. The predicted molar refractivity (Wildman–Crippen MR) is 123 cm³/mol. The molecule has 0 aromatic heterocycles. The van der Waals surface area contributed by atoms with Crippen LogP contribution in [0.1, 0.15) is 63.5 Å². The van der Waals surface area contributed by atoms with Gasteiger partial charge in [0.15, 0.2) is 0 Å². The number of carbonyl (C=O) groups excluding carboxylic acids is 2. The van der Waals surface area contributed by atoms with E-state index in [-0.39, 0.29) is 30.0 Å². The summed E-state index contributed by atoms with van der Waals surface area (Å²) in [5.41, 5.74) is 1.44. The van der Waals surface area contributed by atoms with Crippen LogP contribution in [-0.4, -0.2) is 23.5 Å². The number of hydrogen-bond donors (Lipinski definition) is 2. The van der Waals surface area contributed by atoms with E-state index in [1.807, 2.05) is 45.9 Å². The van der Waals surface area contributed by atoms with Gasteiger partial charge in [-0.15, -0.1) is 0 Å². The lowest BCUT2D eigenvalue weighted by atomic mass is 9.89. The Balaban J connectivity index is 2.27. The number of nitrogens with zero attached hydrogens (tertiary/aromatic N) is 1. The Morgan fingerprint density at radius 1 is 0.969 bits per heavy atom. The number of benzene rings is 2. The fourth-order valence-electron chi connectivity index (χ4n) is 3.68. The van der Waals surface area contributed by atoms with Gasteiger partial charge in [-0.2, -0.15) is 5.26 Å². The molecule has 32 heavy (non-hydrogen) atoms. The maximum absolute atomic E-state index is 13.1. The largest absolute Gasteiger partial charge is 0.508 e. The van der Waals surface area contributed by atoms with Crippen molar-refractivity contribution in [3.8, 4) is 17.6 Å². The first-order valence-corrected chi connectivity index (χ1v) is 11.0. The summed E-state index contributed by atoms with van der Waals surface area (Å²) in [7, 11) is 0. The molecule has 6 heteroatoms. The van der Waals surface area contributed by atoms with Gasteiger partial charge >= 0.3 is 5.97 Å². The van der Waals surface area contributed by atoms with Gasteiger partial charge in [0, 0.05) is 0 Å². The van der Waals surface area contributed by atoms with E-state index in [0.29, 0.717) is 24.2 Å². The van der Waals surface area contributed by atoms with Crippen LogP contribution < -0.4 is 10.1 Å². The highest BCUT2D eigenvalue weighted by atomic mass is 16.5. The summed E-state index contributed by atoms with van der Waals surface area (Å²) >= 11 is 0. The molecule has 2 aromatic rings. The Labute approximate surface area is 190 Å². The molecule has 2 atom stereocenters. The van der Waals surface area contributed by atoms with Gasteiger partial charge < -0.3 is 15.2 Å². The molecule has 1 amide bonds. The van der Waals surface area contributed by atoms with Crippen LogP contribution >= 0.6 is 0 Å². The molecule has 0 aliphatic rings. The number of hydrogen-bond acceptors (Lipinski definition) is 5. The molecule has 0 aliphatic carbocycles. The molecular weight excluding hydrogens is 404 g/mol. The topological polar surface area (TPSA) is 99.4 Å². The van der Waals surface area contributed by atoms with Crippen LogP contribution in [0.5, 0.6) is 11.5 Å². The summed E-state index contributed by atoms with van der Waals surface area (Å²) in [5.74, 6) is -0.609. The Hall–Kier alpha value is -3.33. The van der Waals surface area contributed by atoms with Crippen LogP contribution in [0.15, 0.2) is 48.5 Å². The van der Waals surface area contributed by atoms with Crippen LogP contribution in [0.25, 0.3) is 0 Å². The zero-order valence-electron chi connectivity index (χ0n) is 19.2. The van der Waals surface area contributed by atoms with E-state index in [1.165, 1.54) is 0 Å². The van der Waals surface area contributed by atoms with E-state index < -0.39 is 17.8 Å². The molecule has 0 heterocycles. The van der Waals surface area contributed by atoms with Gasteiger partial charge in [-0.1, -0.05) is 52.0 Å². The Bertz CT molecular complexity index is 962. The highest BCUT2D eigenvalue weighted by Crippen LogP contribution is 2.31. The Morgan fingerprint density at radius 3 is 2.16 bits per heavy atom. The zero-order valence-corrected chi connectivity index (χ0v) is 19.2. The number of nitriles is 1. The van der Waals surface area contributed by atoms with Crippen molar-refractivity contribution in [1.82, 2.24) is 5.32 Å². The smallest absolute Gasteiger partial charge is 0.318 e. The van der Waals surface area contributed by atoms with Gasteiger partial charge in [0.1, 0.15) is 18.0 Å². The lowest BCUT2D eigenvalue weighted by Gasteiger charge is -2.20. The first-order chi connectivity index (χ1) is 15.2. The van der Waals surface area contributed by atoms with Crippen molar-refractivity contribution < 1.29 is 19.4 Å². The third-order valence-electron chi connectivity index (χ3n) is 5.11. The van der Waals surface area contributed by atoms with Crippen LogP contribution in [0.4, 0.5) is 0 Å². The number of phenolic OH excluding ortho intramolecular Hbond substituents is 1. The van der Waals surface area contributed by atoms with Crippen LogP contribution in [-0.2, 0) is 9.59 Å². The second-order valence-electron chi connectivity index (χ2n) is 8.83. The first-order valence-electron chi connectivity index (χ1n) is 11.0. The van der Waals surface area contributed by atoms with Gasteiger partial charge in [0.2, 0.25) is 5.91 Å². The Morgan fingerprint density at radius 2 is 1.56 bits per heavy atom. The molecule has 0 radical (unpaired) electrons. The molecule has 2 unspecified atom stereocenters. The van der Waals surface area contributed by atoms with Gasteiger partial charge in [-0.05, 0) is 60.1 Å². The number of rotatable bonds is 10. The van der Waals surface area contributed by atoms with Crippen LogP contribution in [0.3, 0.4) is 0 Å². The summed E-state index contributed by atoms with van der Waals surface area (Å²) in [6.07, 6.45) is 1.18. The molecule has 0 aliphatic heterocycles. The molecule has 170 valence electrons. The molecule has 2 rings (SSSR count). The third-order valence-corrected chi connectivity index (χ3v) is 5.11. The average molecular weight is 437 g/mol. The lowest BCUT2D eigenvalue weighted by Crippen LogP contribution is -2.30. The van der Waals surface area contributed by atoms with E-state index in [2.05, 4.69) is 5.32 Å². The molecule has 6 nitrogen and oxygen atoms in total. The van der Waals surface area contributed by atoms with Crippen molar-refractivity contribution >= 4 is 11.9 Å². The Kier molecular flexibility index (Phi) is 9.27. The van der Waals surface area contributed by atoms with E-state index >= 15 is 0 Å². The number of carbonyl (C=O) groups is 2. The molecule has 2 N–H and O–H groups in total. The van der Waals surface area contributed by atoms with Crippen molar-refractivity contribution in [2.45, 2.75) is 52.4 Å². The van der Waals surface area contributed by atoms with Gasteiger partial charge in [0.25, 0.3) is 0 Å². The molecule has 0 bridgehead atoms. The summed E-state index contributed by atoms with van der Waals surface area (Å²) in [6, 6.07) is 15.6. The number of esters is 1. The first kappa shape index (κ1) is 24.9. The monoisotopic (exact) mass is 436 g/mol. The van der Waals surface area contributed by atoms with Crippen molar-refractivity contribution in [1.29, 1.82) is 5.26 Å². The van der Waals surface area contributed by atoms with E-state index in [1.54, 1.807) is 36.4 Å². The SMILES string of the molecule is CC(C)CC(C(=O)NCC#N)c1cccc(OC(=O)C(CC(C)C)c2cccc(O)c2)c1. The highest BCUT2D eigenvalue weighted by Gasteiger charge is 2.26. The van der Waals surface area contributed by atoms with Crippen molar-refractivity contribution in [2.75, 3.05) is 6.54 Å². The quantitative estimate of drug-likeness (QED) is 0.314. The zero-order chi connectivity index (χ0) is 23.7. The van der Waals surface area contributed by atoms with E-state index in [4.69, 9.17) is 10.00 Å². The normalized spacial score (nSPS) is 12.8. The predicted octanol–water partition coefficient (Wildman–Crippen LogP) is 4.90. The molecule has 0 saturated carbocycles.